The van der Waals surface area contributed by atoms with Crippen molar-refractivity contribution in [3.8, 4) is 11.3 Å². The molecule has 4 rings (SSSR count). The summed E-state index contributed by atoms with van der Waals surface area (Å²) in [6.07, 6.45) is 3.55. The maximum absolute atomic E-state index is 12.6. The second-order valence-electron chi connectivity index (χ2n) is 6.69. The predicted molar refractivity (Wildman–Crippen MR) is 94.0 cm³/mol. The van der Waals surface area contributed by atoms with Crippen LogP contribution >= 0.6 is 0 Å². The van der Waals surface area contributed by atoms with Crippen molar-refractivity contribution >= 4 is 5.91 Å². The summed E-state index contributed by atoms with van der Waals surface area (Å²) in [7, 11) is 0. The Morgan fingerprint density at radius 2 is 2.31 bits per heavy atom. The van der Waals surface area contributed by atoms with Crippen LogP contribution in [0.25, 0.3) is 11.3 Å². The van der Waals surface area contributed by atoms with Crippen molar-refractivity contribution in [1.29, 1.82) is 0 Å². The number of carbonyl (C=O) groups is 1. The molecule has 2 aromatic rings. The highest BCUT2D eigenvalue weighted by Gasteiger charge is 2.30. The first kappa shape index (κ1) is 17.3. The number of aryl methyl sites for hydroxylation is 2. The number of rotatable bonds is 5. The average molecular weight is 360 g/mol. The summed E-state index contributed by atoms with van der Waals surface area (Å²) in [4.78, 5) is 12.6. The van der Waals surface area contributed by atoms with Crippen LogP contribution in [0.5, 0.6) is 0 Å². The quantitative estimate of drug-likeness (QED) is 0.811. The normalized spacial score (nSPS) is 19.1. The Morgan fingerprint density at radius 3 is 3.08 bits per heavy atom. The van der Waals surface area contributed by atoms with Gasteiger partial charge in [-0.15, -0.1) is 0 Å². The third kappa shape index (κ3) is 3.15. The fraction of sp³-hybridized carbons (Fsp3) is 0.556. The van der Waals surface area contributed by atoms with Crippen molar-refractivity contribution < 1.29 is 18.7 Å². The van der Waals surface area contributed by atoms with Gasteiger partial charge < -0.3 is 24.9 Å². The van der Waals surface area contributed by atoms with E-state index in [0.29, 0.717) is 45.2 Å². The molecule has 2 aromatic heterocycles. The molecular formula is C18H24N4O4. The molecule has 0 spiro atoms. The van der Waals surface area contributed by atoms with Crippen LogP contribution in [0.4, 0.5) is 0 Å². The van der Waals surface area contributed by atoms with E-state index in [9.17, 15) is 4.79 Å². The third-order valence-electron chi connectivity index (χ3n) is 4.86. The summed E-state index contributed by atoms with van der Waals surface area (Å²) in [5.41, 5.74) is 9.49. The summed E-state index contributed by atoms with van der Waals surface area (Å²) < 4.78 is 18.7. The molecule has 1 amide bonds. The summed E-state index contributed by atoms with van der Waals surface area (Å²) in [5.74, 6) is 0.956. The van der Waals surface area contributed by atoms with Crippen molar-refractivity contribution in [1.82, 2.24) is 15.1 Å². The first-order valence-electron chi connectivity index (χ1n) is 9.04. The molecule has 3 heterocycles. The zero-order chi connectivity index (χ0) is 18.1. The molecule has 0 aromatic carbocycles. The molecule has 1 atom stereocenters. The molecule has 8 heteroatoms. The molecule has 8 nitrogen and oxygen atoms in total. The van der Waals surface area contributed by atoms with E-state index in [1.807, 2.05) is 17.8 Å². The Bertz CT molecular complexity index is 804. The topological polar surface area (TPSA) is 105 Å². The minimum Gasteiger partial charge on any atom is -0.455 e. The SMILES string of the molecule is Cc1c(C(=O)NC[C@@H]2COCCO2)oc2c1-c1nn(CCN)cc1CC2. The van der Waals surface area contributed by atoms with Crippen LogP contribution in [0.1, 0.15) is 27.4 Å². The highest BCUT2D eigenvalue weighted by atomic mass is 16.6. The molecule has 1 aliphatic carbocycles. The van der Waals surface area contributed by atoms with Gasteiger partial charge in [0.15, 0.2) is 5.76 Å². The molecule has 1 saturated heterocycles. The zero-order valence-electron chi connectivity index (χ0n) is 14.9. The standard InChI is InChI=1S/C18H24N4O4/c1-11-15-14(3-2-12-9-22(5-4-19)21-16(12)15)26-17(11)18(23)20-8-13-10-24-6-7-25-13/h9,13H,2-8,10,19H2,1H3,(H,20,23)/t13-/m1/s1. The Labute approximate surface area is 151 Å². The lowest BCUT2D eigenvalue weighted by atomic mass is 9.93. The van der Waals surface area contributed by atoms with Gasteiger partial charge in [0.25, 0.3) is 5.91 Å². The van der Waals surface area contributed by atoms with E-state index >= 15 is 0 Å². The van der Waals surface area contributed by atoms with Gasteiger partial charge in [0.1, 0.15) is 5.76 Å². The number of hydrogen-bond acceptors (Lipinski definition) is 6. The first-order chi connectivity index (χ1) is 12.7. The van der Waals surface area contributed by atoms with Gasteiger partial charge in [-0.3, -0.25) is 9.48 Å². The number of nitrogens with one attached hydrogen (secondary N) is 1. The second-order valence-corrected chi connectivity index (χ2v) is 6.69. The van der Waals surface area contributed by atoms with Gasteiger partial charge in [0, 0.05) is 36.8 Å². The maximum atomic E-state index is 12.6. The number of nitrogens with two attached hydrogens (primary N) is 1. The van der Waals surface area contributed by atoms with Gasteiger partial charge in [-0.25, -0.2) is 0 Å². The highest BCUT2D eigenvalue weighted by molar-refractivity contribution is 5.95. The number of fused-ring (bicyclic) bond motifs is 3. The van der Waals surface area contributed by atoms with Crippen molar-refractivity contribution in [3.05, 3.63) is 28.8 Å². The molecule has 2 aliphatic rings. The van der Waals surface area contributed by atoms with Crippen molar-refractivity contribution in [2.45, 2.75) is 32.4 Å². The average Bonchev–Trinajstić information content (AvgIpc) is 3.21. The van der Waals surface area contributed by atoms with E-state index in [1.54, 1.807) is 0 Å². The lowest BCUT2D eigenvalue weighted by Crippen LogP contribution is -2.39. The molecule has 0 radical (unpaired) electrons. The van der Waals surface area contributed by atoms with Crippen LogP contribution in [0.15, 0.2) is 10.6 Å². The smallest absolute Gasteiger partial charge is 0.287 e. The minimum absolute atomic E-state index is 0.115. The van der Waals surface area contributed by atoms with Gasteiger partial charge in [0.2, 0.25) is 0 Å². The number of nitrogens with zero attached hydrogens (tertiary/aromatic N) is 2. The van der Waals surface area contributed by atoms with Crippen LogP contribution in [0.3, 0.4) is 0 Å². The Kier molecular flexibility index (Phi) is 4.80. The zero-order valence-corrected chi connectivity index (χ0v) is 14.9. The fourth-order valence-electron chi connectivity index (χ4n) is 3.57. The van der Waals surface area contributed by atoms with Gasteiger partial charge in [-0.05, 0) is 18.9 Å². The lowest BCUT2D eigenvalue weighted by molar-refractivity contribution is -0.0856. The molecule has 0 unspecified atom stereocenters. The van der Waals surface area contributed by atoms with Crippen molar-refractivity contribution in [2.24, 2.45) is 5.73 Å². The van der Waals surface area contributed by atoms with E-state index in [-0.39, 0.29) is 12.0 Å². The van der Waals surface area contributed by atoms with Crippen LogP contribution in [-0.2, 0) is 28.9 Å². The van der Waals surface area contributed by atoms with E-state index in [4.69, 9.17) is 19.6 Å². The summed E-state index contributed by atoms with van der Waals surface area (Å²) in [5, 5.41) is 7.53. The number of furan rings is 1. The van der Waals surface area contributed by atoms with Gasteiger partial charge in [-0.2, -0.15) is 5.10 Å². The molecule has 0 bridgehead atoms. The van der Waals surface area contributed by atoms with E-state index in [2.05, 4.69) is 10.4 Å². The number of ether oxygens (including phenoxy) is 2. The maximum Gasteiger partial charge on any atom is 0.287 e. The Hall–Kier alpha value is -2.16. The molecule has 1 fully saturated rings. The predicted octanol–water partition coefficient (Wildman–Crippen LogP) is 0.654. The number of carbonyl (C=O) groups excluding carboxylic acids is 1. The number of hydrogen-bond donors (Lipinski definition) is 2. The minimum atomic E-state index is -0.228. The van der Waals surface area contributed by atoms with Gasteiger partial charge in [0.05, 0.1) is 38.2 Å². The van der Waals surface area contributed by atoms with Gasteiger partial charge in [-0.1, -0.05) is 0 Å². The molecule has 0 saturated carbocycles. The molecule has 140 valence electrons. The molecule has 3 N–H and O–H groups in total. The first-order valence-corrected chi connectivity index (χ1v) is 9.04. The summed E-state index contributed by atoms with van der Waals surface area (Å²) in [6.45, 7) is 5.19. The fourth-order valence-corrected chi connectivity index (χ4v) is 3.57. The highest BCUT2D eigenvalue weighted by Crippen LogP contribution is 2.38. The van der Waals surface area contributed by atoms with Crippen LogP contribution in [0.2, 0.25) is 0 Å². The molecule has 1 aliphatic heterocycles. The van der Waals surface area contributed by atoms with Crippen LogP contribution < -0.4 is 11.1 Å². The Morgan fingerprint density at radius 1 is 1.42 bits per heavy atom. The van der Waals surface area contributed by atoms with Gasteiger partial charge >= 0.3 is 0 Å². The van der Waals surface area contributed by atoms with Crippen molar-refractivity contribution in [3.63, 3.8) is 0 Å². The number of aromatic nitrogens is 2. The monoisotopic (exact) mass is 360 g/mol. The largest absolute Gasteiger partial charge is 0.455 e. The van der Waals surface area contributed by atoms with E-state index in [1.165, 1.54) is 5.56 Å². The Balaban J connectivity index is 1.54. The molecule has 26 heavy (non-hydrogen) atoms. The summed E-state index contributed by atoms with van der Waals surface area (Å²) >= 11 is 0. The summed E-state index contributed by atoms with van der Waals surface area (Å²) in [6, 6.07) is 0. The van der Waals surface area contributed by atoms with E-state index in [0.717, 1.165) is 35.4 Å². The van der Waals surface area contributed by atoms with Crippen LogP contribution in [0, 0.1) is 6.92 Å². The van der Waals surface area contributed by atoms with Crippen LogP contribution in [-0.4, -0.2) is 54.7 Å². The third-order valence-corrected chi connectivity index (χ3v) is 4.86. The van der Waals surface area contributed by atoms with E-state index < -0.39 is 0 Å². The number of amides is 1. The second kappa shape index (κ2) is 7.22. The molecular weight excluding hydrogens is 336 g/mol. The van der Waals surface area contributed by atoms with Crippen molar-refractivity contribution in [2.75, 3.05) is 32.9 Å². The lowest BCUT2D eigenvalue weighted by Gasteiger charge is -2.22.